The summed E-state index contributed by atoms with van der Waals surface area (Å²) in [6, 6.07) is 7.49. The van der Waals surface area contributed by atoms with Gasteiger partial charge >= 0.3 is 0 Å². The summed E-state index contributed by atoms with van der Waals surface area (Å²) in [6.07, 6.45) is 5.05. The van der Waals surface area contributed by atoms with Crippen molar-refractivity contribution in [3.05, 3.63) is 34.9 Å². The van der Waals surface area contributed by atoms with E-state index in [1.165, 1.54) is 12.8 Å². The third-order valence-corrected chi connectivity index (χ3v) is 5.71. The number of likely N-dealkylation sites (tertiary alicyclic amines) is 1. The molecule has 6 heteroatoms. The van der Waals surface area contributed by atoms with Gasteiger partial charge in [0.05, 0.1) is 13.0 Å². The van der Waals surface area contributed by atoms with Crippen molar-refractivity contribution in [2.75, 3.05) is 45.8 Å². The Hall–Kier alpha value is -1.59. The number of amides is 2. The first-order chi connectivity index (χ1) is 12.6. The third kappa shape index (κ3) is 5.21. The number of carbonyl (C=O) groups is 2. The summed E-state index contributed by atoms with van der Waals surface area (Å²) in [5.41, 5.74) is 0.873. The van der Waals surface area contributed by atoms with Gasteiger partial charge in [0.2, 0.25) is 11.8 Å². The van der Waals surface area contributed by atoms with Gasteiger partial charge in [-0.2, -0.15) is 0 Å². The first-order valence-corrected chi connectivity index (χ1v) is 10.0. The lowest BCUT2D eigenvalue weighted by molar-refractivity contribution is -0.134. The highest BCUT2D eigenvalue weighted by Crippen LogP contribution is 2.17. The van der Waals surface area contributed by atoms with E-state index in [0.717, 1.165) is 44.6 Å². The first kappa shape index (κ1) is 19.2. The number of carbonyl (C=O) groups excluding carboxylic acids is 2. The van der Waals surface area contributed by atoms with E-state index in [1.807, 2.05) is 34.1 Å². The Bertz CT molecular complexity index is 621. The fraction of sp³-hybridized carbons (Fsp3) is 0.600. The summed E-state index contributed by atoms with van der Waals surface area (Å²) in [4.78, 5) is 31.1. The van der Waals surface area contributed by atoms with Gasteiger partial charge in [-0.05, 0) is 24.5 Å². The van der Waals surface area contributed by atoms with Crippen LogP contribution in [0.15, 0.2) is 24.3 Å². The molecule has 0 atom stereocenters. The monoisotopic (exact) mass is 377 g/mol. The zero-order chi connectivity index (χ0) is 18.4. The minimum Gasteiger partial charge on any atom is -0.342 e. The van der Waals surface area contributed by atoms with Crippen LogP contribution in [0.4, 0.5) is 0 Å². The number of halogens is 1. The predicted octanol–water partition coefficient (Wildman–Crippen LogP) is 2.43. The molecule has 0 saturated carbocycles. The van der Waals surface area contributed by atoms with Crippen molar-refractivity contribution in [3.63, 3.8) is 0 Å². The zero-order valence-electron chi connectivity index (χ0n) is 15.3. The van der Waals surface area contributed by atoms with Crippen LogP contribution in [0.5, 0.6) is 0 Å². The summed E-state index contributed by atoms with van der Waals surface area (Å²) in [5.74, 6) is 0.347. The van der Waals surface area contributed by atoms with Gasteiger partial charge < -0.3 is 9.80 Å². The molecule has 26 heavy (non-hydrogen) atoms. The molecule has 2 aliphatic rings. The van der Waals surface area contributed by atoms with Gasteiger partial charge in [0, 0.05) is 44.3 Å². The quantitative estimate of drug-likeness (QED) is 0.809. The van der Waals surface area contributed by atoms with Crippen LogP contribution < -0.4 is 0 Å². The summed E-state index contributed by atoms with van der Waals surface area (Å²) in [6.45, 7) is 5.14. The Morgan fingerprint density at radius 1 is 0.808 bits per heavy atom. The number of hydrogen-bond acceptors (Lipinski definition) is 3. The average Bonchev–Trinajstić information content (AvgIpc) is 2.94. The fourth-order valence-corrected chi connectivity index (χ4v) is 3.89. The Kier molecular flexibility index (Phi) is 6.92. The van der Waals surface area contributed by atoms with Crippen LogP contribution in [0.1, 0.15) is 31.2 Å². The lowest BCUT2D eigenvalue weighted by Gasteiger charge is -2.35. The lowest BCUT2D eigenvalue weighted by atomic mass is 10.1. The van der Waals surface area contributed by atoms with Crippen molar-refractivity contribution < 1.29 is 9.59 Å². The fourth-order valence-electron chi connectivity index (χ4n) is 3.68. The van der Waals surface area contributed by atoms with Gasteiger partial charge in [-0.1, -0.05) is 42.6 Å². The van der Waals surface area contributed by atoms with Crippen LogP contribution in [0.2, 0.25) is 5.02 Å². The van der Waals surface area contributed by atoms with Crippen molar-refractivity contribution in [3.8, 4) is 0 Å². The van der Waals surface area contributed by atoms with Gasteiger partial charge in [0.15, 0.2) is 0 Å². The van der Waals surface area contributed by atoms with E-state index in [9.17, 15) is 9.59 Å². The van der Waals surface area contributed by atoms with Crippen LogP contribution in [0, 0.1) is 0 Å². The van der Waals surface area contributed by atoms with Gasteiger partial charge in [-0.3, -0.25) is 14.5 Å². The van der Waals surface area contributed by atoms with E-state index in [0.29, 0.717) is 31.1 Å². The number of benzene rings is 1. The van der Waals surface area contributed by atoms with Crippen molar-refractivity contribution >= 4 is 23.4 Å². The van der Waals surface area contributed by atoms with Crippen LogP contribution in [-0.4, -0.2) is 72.3 Å². The van der Waals surface area contributed by atoms with Crippen molar-refractivity contribution in [1.29, 1.82) is 0 Å². The second kappa shape index (κ2) is 9.38. The predicted molar refractivity (Wildman–Crippen MR) is 103 cm³/mol. The molecule has 1 aromatic carbocycles. The van der Waals surface area contributed by atoms with E-state index in [-0.39, 0.29) is 11.8 Å². The van der Waals surface area contributed by atoms with Gasteiger partial charge in [-0.15, -0.1) is 0 Å². The molecule has 5 nitrogen and oxygen atoms in total. The number of hydrogen-bond donors (Lipinski definition) is 0. The number of piperazine rings is 1. The minimum atomic E-state index is 0.108. The standard InChI is InChI=1S/C20H28ClN3O2/c21-18-8-4-3-7-17(18)15-19(25)24-13-11-22(12-14-24)16-20(26)23-9-5-1-2-6-10-23/h3-4,7-8H,1-2,5-6,9-16H2. The van der Waals surface area contributed by atoms with E-state index >= 15 is 0 Å². The van der Waals surface area contributed by atoms with Crippen molar-refractivity contribution in [2.45, 2.75) is 32.1 Å². The molecular weight excluding hydrogens is 350 g/mol. The first-order valence-electron chi connectivity index (χ1n) is 9.65. The van der Waals surface area contributed by atoms with Crippen molar-refractivity contribution in [2.24, 2.45) is 0 Å². The normalized spacial score (nSPS) is 19.3. The van der Waals surface area contributed by atoms with E-state index in [2.05, 4.69) is 4.90 Å². The molecule has 0 unspecified atom stereocenters. The molecule has 0 N–H and O–H groups in total. The van der Waals surface area contributed by atoms with Crippen LogP contribution >= 0.6 is 11.6 Å². The smallest absolute Gasteiger partial charge is 0.236 e. The molecule has 2 aliphatic heterocycles. The van der Waals surface area contributed by atoms with Crippen LogP contribution in [-0.2, 0) is 16.0 Å². The summed E-state index contributed by atoms with van der Waals surface area (Å²) in [7, 11) is 0. The maximum atomic E-state index is 12.5. The maximum Gasteiger partial charge on any atom is 0.236 e. The Balaban J connectivity index is 1.44. The third-order valence-electron chi connectivity index (χ3n) is 5.34. The molecule has 0 spiro atoms. The summed E-state index contributed by atoms with van der Waals surface area (Å²) < 4.78 is 0. The van der Waals surface area contributed by atoms with E-state index < -0.39 is 0 Å². The highest BCUT2D eigenvalue weighted by atomic mass is 35.5. The molecule has 0 aliphatic carbocycles. The second-order valence-corrected chi connectivity index (χ2v) is 7.63. The lowest BCUT2D eigenvalue weighted by Crippen LogP contribution is -2.52. The molecular formula is C20H28ClN3O2. The highest BCUT2D eigenvalue weighted by molar-refractivity contribution is 6.31. The van der Waals surface area contributed by atoms with Crippen LogP contribution in [0.25, 0.3) is 0 Å². The van der Waals surface area contributed by atoms with Crippen LogP contribution in [0.3, 0.4) is 0 Å². The molecule has 1 aromatic rings. The number of rotatable bonds is 4. The molecule has 0 bridgehead atoms. The van der Waals surface area contributed by atoms with E-state index in [1.54, 1.807) is 0 Å². The van der Waals surface area contributed by atoms with Crippen molar-refractivity contribution in [1.82, 2.24) is 14.7 Å². The topological polar surface area (TPSA) is 43.9 Å². The van der Waals surface area contributed by atoms with Gasteiger partial charge in [0.1, 0.15) is 0 Å². The molecule has 0 radical (unpaired) electrons. The highest BCUT2D eigenvalue weighted by Gasteiger charge is 2.24. The molecule has 2 saturated heterocycles. The Morgan fingerprint density at radius 3 is 2.08 bits per heavy atom. The maximum absolute atomic E-state index is 12.5. The SMILES string of the molecule is O=C(Cc1ccccc1Cl)N1CCN(CC(=O)N2CCCCCC2)CC1. The second-order valence-electron chi connectivity index (χ2n) is 7.22. The summed E-state index contributed by atoms with van der Waals surface area (Å²) >= 11 is 6.15. The molecule has 0 aromatic heterocycles. The average molecular weight is 378 g/mol. The molecule has 2 heterocycles. The van der Waals surface area contributed by atoms with Gasteiger partial charge in [0.25, 0.3) is 0 Å². The molecule has 3 rings (SSSR count). The Labute approximate surface area is 160 Å². The van der Waals surface area contributed by atoms with Gasteiger partial charge in [-0.25, -0.2) is 0 Å². The minimum absolute atomic E-state index is 0.108. The largest absolute Gasteiger partial charge is 0.342 e. The molecule has 2 amide bonds. The molecule has 142 valence electrons. The van der Waals surface area contributed by atoms with E-state index in [4.69, 9.17) is 11.6 Å². The number of nitrogens with zero attached hydrogens (tertiary/aromatic N) is 3. The summed E-state index contributed by atoms with van der Waals surface area (Å²) in [5, 5.41) is 0.641. The molecule has 2 fully saturated rings. The zero-order valence-corrected chi connectivity index (χ0v) is 16.1. The Morgan fingerprint density at radius 2 is 1.42 bits per heavy atom.